The van der Waals surface area contributed by atoms with E-state index in [1.165, 1.54) is 0 Å². The number of hydrogen-bond acceptors (Lipinski definition) is 2. The lowest BCUT2D eigenvalue weighted by atomic mass is 10.1. The summed E-state index contributed by atoms with van der Waals surface area (Å²) in [5.41, 5.74) is 4.99. The standard InChI is InChI=1S/C5H10F3NO/c6-5(7,8)3-4(9)1-2-10/h4,10H,1-3,9H2. The highest BCUT2D eigenvalue weighted by Crippen LogP contribution is 2.21. The maximum atomic E-state index is 11.5. The molecule has 2 nitrogen and oxygen atoms in total. The Morgan fingerprint density at radius 2 is 1.90 bits per heavy atom. The minimum absolute atomic E-state index is 0.000486. The van der Waals surface area contributed by atoms with E-state index in [0.29, 0.717) is 0 Å². The molecule has 1 unspecified atom stereocenters. The fourth-order valence-corrected chi connectivity index (χ4v) is 0.565. The maximum absolute atomic E-state index is 11.5. The van der Waals surface area contributed by atoms with Crippen molar-refractivity contribution in [1.29, 1.82) is 0 Å². The lowest BCUT2D eigenvalue weighted by Crippen LogP contribution is -2.28. The summed E-state index contributed by atoms with van der Waals surface area (Å²) < 4.78 is 34.4. The topological polar surface area (TPSA) is 46.2 Å². The molecule has 0 aromatic carbocycles. The molecular formula is C5H10F3NO. The van der Waals surface area contributed by atoms with Crippen molar-refractivity contribution in [2.24, 2.45) is 5.73 Å². The summed E-state index contributed by atoms with van der Waals surface area (Å²) in [6.45, 7) is -0.294. The Morgan fingerprint density at radius 3 is 2.20 bits per heavy atom. The molecule has 1 atom stereocenters. The van der Waals surface area contributed by atoms with Gasteiger partial charge in [0.1, 0.15) is 0 Å². The summed E-state index contributed by atoms with van der Waals surface area (Å²) in [6.07, 6.45) is -5.23. The molecule has 3 N–H and O–H groups in total. The lowest BCUT2D eigenvalue weighted by Gasteiger charge is -2.11. The zero-order valence-electron chi connectivity index (χ0n) is 5.36. The third-order valence-electron chi connectivity index (χ3n) is 0.994. The molecule has 0 rings (SSSR count). The van der Waals surface area contributed by atoms with Gasteiger partial charge in [-0.25, -0.2) is 0 Å². The minimum Gasteiger partial charge on any atom is -0.396 e. The van der Waals surface area contributed by atoms with Crippen molar-refractivity contribution in [3.63, 3.8) is 0 Å². The molecule has 0 aromatic rings. The van der Waals surface area contributed by atoms with Gasteiger partial charge in [0.15, 0.2) is 0 Å². The molecule has 5 heteroatoms. The van der Waals surface area contributed by atoms with E-state index in [4.69, 9.17) is 10.8 Å². The Hall–Kier alpha value is -0.290. The van der Waals surface area contributed by atoms with Gasteiger partial charge in [-0.15, -0.1) is 0 Å². The van der Waals surface area contributed by atoms with Gasteiger partial charge in [0.25, 0.3) is 0 Å². The summed E-state index contributed by atoms with van der Waals surface area (Å²) in [5, 5.41) is 8.19. The third kappa shape index (κ3) is 5.84. The Morgan fingerprint density at radius 1 is 1.40 bits per heavy atom. The fourth-order valence-electron chi connectivity index (χ4n) is 0.565. The molecule has 0 spiro atoms. The smallest absolute Gasteiger partial charge is 0.390 e. The van der Waals surface area contributed by atoms with Gasteiger partial charge < -0.3 is 10.8 Å². The molecule has 0 aromatic heterocycles. The molecule has 10 heavy (non-hydrogen) atoms. The van der Waals surface area contributed by atoms with Crippen LogP contribution in [0.2, 0.25) is 0 Å². The average Bonchev–Trinajstić information content (AvgIpc) is 1.59. The van der Waals surface area contributed by atoms with Crippen LogP contribution in [0.5, 0.6) is 0 Å². The maximum Gasteiger partial charge on any atom is 0.390 e. The van der Waals surface area contributed by atoms with Gasteiger partial charge in [0.05, 0.1) is 6.42 Å². The minimum atomic E-state index is -4.21. The number of rotatable bonds is 3. The van der Waals surface area contributed by atoms with E-state index in [-0.39, 0.29) is 13.0 Å². The summed E-state index contributed by atoms with van der Waals surface area (Å²) in [5.74, 6) is 0. The number of alkyl halides is 3. The van der Waals surface area contributed by atoms with Crippen LogP contribution in [0.25, 0.3) is 0 Å². The molecular weight excluding hydrogens is 147 g/mol. The molecule has 0 fully saturated rings. The quantitative estimate of drug-likeness (QED) is 0.631. The van der Waals surface area contributed by atoms with Crippen molar-refractivity contribution >= 4 is 0 Å². The van der Waals surface area contributed by atoms with E-state index in [9.17, 15) is 13.2 Å². The summed E-state index contributed by atoms with van der Waals surface area (Å²) in [4.78, 5) is 0. The SMILES string of the molecule is NC(CCO)CC(F)(F)F. The summed E-state index contributed by atoms with van der Waals surface area (Å²) >= 11 is 0. The van der Waals surface area contributed by atoms with Crippen LogP contribution in [0.3, 0.4) is 0 Å². The van der Waals surface area contributed by atoms with Crippen molar-refractivity contribution in [3.05, 3.63) is 0 Å². The Labute approximate surface area is 56.8 Å². The molecule has 0 bridgehead atoms. The van der Waals surface area contributed by atoms with E-state index < -0.39 is 18.6 Å². The predicted molar refractivity (Wildman–Crippen MR) is 30.4 cm³/mol. The van der Waals surface area contributed by atoms with E-state index in [0.717, 1.165) is 0 Å². The second-order valence-electron chi connectivity index (χ2n) is 2.09. The Balaban J connectivity index is 3.47. The van der Waals surface area contributed by atoms with Gasteiger partial charge in [0, 0.05) is 12.6 Å². The largest absolute Gasteiger partial charge is 0.396 e. The van der Waals surface area contributed by atoms with Crippen molar-refractivity contribution in [3.8, 4) is 0 Å². The predicted octanol–water partition coefficient (Wildman–Crippen LogP) is 0.649. The lowest BCUT2D eigenvalue weighted by molar-refractivity contribution is -0.138. The molecule has 0 aliphatic heterocycles. The van der Waals surface area contributed by atoms with Crippen LogP contribution in [-0.4, -0.2) is 23.9 Å². The second kappa shape index (κ2) is 3.78. The number of halogens is 3. The van der Waals surface area contributed by atoms with Gasteiger partial charge in [-0.2, -0.15) is 13.2 Å². The zero-order valence-corrected chi connectivity index (χ0v) is 5.36. The average molecular weight is 157 g/mol. The van der Waals surface area contributed by atoms with E-state index in [2.05, 4.69) is 0 Å². The molecule has 0 aliphatic rings. The summed E-state index contributed by atoms with van der Waals surface area (Å²) in [7, 11) is 0. The first-order valence-electron chi connectivity index (χ1n) is 2.89. The molecule has 0 amide bonds. The Kier molecular flexibility index (Phi) is 3.67. The van der Waals surface area contributed by atoms with Gasteiger partial charge >= 0.3 is 6.18 Å². The monoisotopic (exact) mass is 157 g/mol. The molecule has 0 radical (unpaired) electrons. The molecule has 0 heterocycles. The van der Waals surface area contributed by atoms with Gasteiger partial charge in [-0.3, -0.25) is 0 Å². The first kappa shape index (κ1) is 9.71. The fraction of sp³-hybridized carbons (Fsp3) is 1.00. The van der Waals surface area contributed by atoms with Crippen molar-refractivity contribution in [2.75, 3.05) is 6.61 Å². The number of aliphatic hydroxyl groups excluding tert-OH is 1. The van der Waals surface area contributed by atoms with Crippen LogP contribution in [0.4, 0.5) is 13.2 Å². The number of aliphatic hydroxyl groups is 1. The molecule has 0 aliphatic carbocycles. The normalized spacial score (nSPS) is 15.3. The highest BCUT2D eigenvalue weighted by molar-refractivity contribution is 4.65. The van der Waals surface area contributed by atoms with Crippen LogP contribution < -0.4 is 5.73 Å². The zero-order chi connectivity index (χ0) is 8.20. The van der Waals surface area contributed by atoms with Crippen molar-refractivity contribution < 1.29 is 18.3 Å². The van der Waals surface area contributed by atoms with Crippen LogP contribution in [0.1, 0.15) is 12.8 Å². The van der Waals surface area contributed by atoms with Crippen LogP contribution in [0, 0.1) is 0 Å². The van der Waals surface area contributed by atoms with Crippen LogP contribution in [-0.2, 0) is 0 Å². The highest BCUT2D eigenvalue weighted by atomic mass is 19.4. The summed E-state index contributed by atoms with van der Waals surface area (Å²) in [6, 6.07) is -0.968. The van der Waals surface area contributed by atoms with Gasteiger partial charge in [-0.05, 0) is 6.42 Å². The van der Waals surface area contributed by atoms with Gasteiger partial charge in [-0.1, -0.05) is 0 Å². The van der Waals surface area contributed by atoms with Gasteiger partial charge in [0.2, 0.25) is 0 Å². The number of nitrogens with two attached hydrogens (primary N) is 1. The van der Waals surface area contributed by atoms with Crippen molar-refractivity contribution in [1.82, 2.24) is 0 Å². The third-order valence-corrected chi connectivity index (χ3v) is 0.994. The first-order valence-corrected chi connectivity index (χ1v) is 2.89. The molecule has 0 saturated carbocycles. The first-order chi connectivity index (χ1) is 4.45. The second-order valence-corrected chi connectivity index (χ2v) is 2.09. The van der Waals surface area contributed by atoms with E-state index in [1.54, 1.807) is 0 Å². The van der Waals surface area contributed by atoms with Crippen LogP contribution in [0.15, 0.2) is 0 Å². The number of hydrogen-bond donors (Lipinski definition) is 2. The van der Waals surface area contributed by atoms with Crippen molar-refractivity contribution in [2.45, 2.75) is 25.1 Å². The Bertz CT molecular complexity index is 93.4. The van der Waals surface area contributed by atoms with E-state index in [1.807, 2.05) is 0 Å². The molecule has 0 saturated heterocycles. The van der Waals surface area contributed by atoms with E-state index >= 15 is 0 Å². The molecule has 62 valence electrons. The van der Waals surface area contributed by atoms with Crippen LogP contribution >= 0.6 is 0 Å². The highest BCUT2D eigenvalue weighted by Gasteiger charge is 2.29.